The molecule has 1 aromatic rings. The van der Waals surface area contributed by atoms with E-state index in [1.165, 1.54) is 36.4 Å². The van der Waals surface area contributed by atoms with Gasteiger partial charge >= 0.3 is 11.9 Å². The molecule has 0 atom stereocenters. The van der Waals surface area contributed by atoms with Crippen molar-refractivity contribution in [2.45, 2.75) is 9.67 Å². The minimum absolute atomic E-state index is 0.143. The number of halogens is 4. The van der Waals surface area contributed by atoms with Crippen LogP contribution in [0, 0.1) is 0 Å². The molecule has 22 heavy (non-hydrogen) atoms. The summed E-state index contributed by atoms with van der Waals surface area (Å²) in [5.41, 5.74) is -0.165. The van der Waals surface area contributed by atoms with Crippen LogP contribution in [-0.2, 0) is 0 Å². The molecule has 118 valence electrons. The molecule has 1 aromatic carbocycles. The Hall–Kier alpha value is -1.20. The normalized spacial score (nSPS) is 11.9. The monoisotopic (exact) mass is 382 g/mol. The Balaban J connectivity index is 3.61. The SMILES string of the molecule is O=C(O)c1ccc(C=CC(Cl)Cl)c(C=CC(Cl)Cl)c1C(=O)O. The summed E-state index contributed by atoms with van der Waals surface area (Å²) in [6.07, 6.45) is 5.57. The Kier molecular flexibility index (Phi) is 7.23. The molecule has 0 unspecified atom stereocenters. The lowest BCUT2D eigenvalue weighted by atomic mass is 9.95. The number of alkyl halides is 4. The molecule has 0 radical (unpaired) electrons. The third-order valence-electron chi connectivity index (χ3n) is 2.55. The van der Waals surface area contributed by atoms with Gasteiger partial charge in [0, 0.05) is 0 Å². The first-order valence-electron chi connectivity index (χ1n) is 5.80. The molecule has 1 rings (SSSR count). The maximum Gasteiger partial charge on any atom is 0.337 e. The van der Waals surface area contributed by atoms with E-state index < -0.39 is 21.6 Å². The topological polar surface area (TPSA) is 74.6 Å². The predicted molar refractivity (Wildman–Crippen MR) is 89.4 cm³/mol. The van der Waals surface area contributed by atoms with Crippen molar-refractivity contribution in [2.75, 3.05) is 0 Å². The van der Waals surface area contributed by atoms with Crippen molar-refractivity contribution >= 4 is 70.5 Å². The minimum Gasteiger partial charge on any atom is -0.478 e. The summed E-state index contributed by atoms with van der Waals surface area (Å²) in [6.45, 7) is 0. The summed E-state index contributed by atoms with van der Waals surface area (Å²) in [5.74, 6) is -2.75. The molecule has 4 nitrogen and oxygen atoms in total. The summed E-state index contributed by atoms with van der Waals surface area (Å²) in [6, 6.07) is 2.64. The van der Waals surface area contributed by atoms with Crippen molar-refractivity contribution in [3.8, 4) is 0 Å². The van der Waals surface area contributed by atoms with Crippen molar-refractivity contribution in [3.63, 3.8) is 0 Å². The maximum absolute atomic E-state index is 11.4. The van der Waals surface area contributed by atoms with Crippen molar-refractivity contribution in [2.24, 2.45) is 0 Å². The van der Waals surface area contributed by atoms with E-state index in [9.17, 15) is 14.7 Å². The molecule has 0 amide bonds. The summed E-state index contributed by atoms with van der Waals surface area (Å²) in [4.78, 5) is 21.0. The number of carbonyl (C=O) groups is 2. The number of carboxylic acid groups (broad SMARTS) is 2. The Bertz CT molecular complexity index is 636. The smallest absolute Gasteiger partial charge is 0.337 e. The molecule has 2 N–H and O–H groups in total. The highest BCUT2D eigenvalue weighted by atomic mass is 35.5. The molecule has 0 spiro atoms. The highest BCUT2D eigenvalue weighted by molar-refractivity contribution is 6.46. The first-order chi connectivity index (χ1) is 10.2. The molecule has 0 heterocycles. The van der Waals surface area contributed by atoms with Crippen LogP contribution in [0.25, 0.3) is 12.2 Å². The van der Waals surface area contributed by atoms with E-state index in [2.05, 4.69) is 0 Å². The Labute approximate surface area is 146 Å². The third-order valence-corrected chi connectivity index (χ3v) is 3.14. The van der Waals surface area contributed by atoms with Crippen LogP contribution in [0.4, 0.5) is 0 Å². The molecule has 0 saturated heterocycles. The van der Waals surface area contributed by atoms with Gasteiger partial charge < -0.3 is 10.2 Å². The van der Waals surface area contributed by atoms with E-state index in [-0.39, 0.29) is 16.7 Å². The van der Waals surface area contributed by atoms with Gasteiger partial charge in [0.15, 0.2) is 0 Å². The number of hydrogen-bond acceptors (Lipinski definition) is 2. The largest absolute Gasteiger partial charge is 0.478 e. The van der Waals surface area contributed by atoms with Gasteiger partial charge in [-0.05, 0) is 17.2 Å². The molecule has 0 aliphatic carbocycles. The zero-order valence-corrected chi connectivity index (χ0v) is 13.9. The van der Waals surface area contributed by atoms with Crippen molar-refractivity contribution in [1.82, 2.24) is 0 Å². The number of allylic oxidation sites excluding steroid dienone is 2. The van der Waals surface area contributed by atoms with Crippen LogP contribution in [0.2, 0.25) is 0 Å². The highest BCUT2D eigenvalue weighted by Gasteiger charge is 2.21. The fourth-order valence-corrected chi connectivity index (χ4v) is 2.01. The zero-order chi connectivity index (χ0) is 16.9. The molecule has 0 aromatic heterocycles. The van der Waals surface area contributed by atoms with E-state index >= 15 is 0 Å². The van der Waals surface area contributed by atoms with Gasteiger partial charge in [-0.25, -0.2) is 9.59 Å². The average molecular weight is 384 g/mol. The van der Waals surface area contributed by atoms with Gasteiger partial charge in [-0.3, -0.25) is 0 Å². The number of aromatic carboxylic acids is 2. The van der Waals surface area contributed by atoms with Gasteiger partial charge in [-0.1, -0.05) is 30.4 Å². The standard InChI is InChI=1S/C14H10Cl4O4/c15-10(16)5-2-7-1-3-9(13(19)20)12(14(21)22)8(7)4-6-11(17)18/h1-6,10-11H,(H,19,20)(H,21,22). The summed E-state index contributed by atoms with van der Waals surface area (Å²) >= 11 is 22.4. The second-order valence-electron chi connectivity index (χ2n) is 3.99. The Morgan fingerprint density at radius 2 is 1.45 bits per heavy atom. The van der Waals surface area contributed by atoms with Gasteiger partial charge in [0.1, 0.15) is 9.67 Å². The van der Waals surface area contributed by atoms with E-state index in [1.54, 1.807) is 0 Å². The van der Waals surface area contributed by atoms with Gasteiger partial charge in [0.25, 0.3) is 0 Å². The second kappa shape index (κ2) is 8.44. The molecule has 8 heteroatoms. The maximum atomic E-state index is 11.4. The molecule has 0 saturated carbocycles. The fraction of sp³-hybridized carbons (Fsp3) is 0.143. The van der Waals surface area contributed by atoms with Crippen LogP contribution < -0.4 is 0 Å². The average Bonchev–Trinajstić information content (AvgIpc) is 2.41. The summed E-state index contributed by atoms with van der Waals surface area (Å²) in [5, 5.41) is 18.4. The summed E-state index contributed by atoms with van der Waals surface area (Å²) < 4.78 is 0. The minimum atomic E-state index is -1.39. The van der Waals surface area contributed by atoms with E-state index in [0.717, 1.165) is 0 Å². The zero-order valence-electron chi connectivity index (χ0n) is 10.8. The van der Waals surface area contributed by atoms with Crippen LogP contribution in [0.1, 0.15) is 31.8 Å². The number of hydrogen-bond donors (Lipinski definition) is 2. The Morgan fingerprint density at radius 1 is 0.909 bits per heavy atom. The first-order valence-corrected chi connectivity index (χ1v) is 7.55. The van der Waals surface area contributed by atoms with Crippen LogP contribution in [0.15, 0.2) is 24.3 Å². The van der Waals surface area contributed by atoms with E-state index in [4.69, 9.17) is 51.5 Å². The molecular formula is C14H10Cl4O4. The van der Waals surface area contributed by atoms with Gasteiger partial charge in [0.2, 0.25) is 0 Å². The molecule has 0 aliphatic heterocycles. The third kappa shape index (κ3) is 5.21. The van der Waals surface area contributed by atoms with Crippen molar-refractivity contribution in [3.05, 3.63) is 46.5 Å². The molecule has 0 bridgehead atoms. The number of rotatable bonds is 6. The first kappa shape index (κ1) is 18.8. The Morgan fingerprint density at radius 3 is 1.91 bits per heavy atom. The fourth-order valence-electron chi connectivity index (χ4n) is 1.71. The van der Waals surface area contributed by atoms with Gasteiger partial charge in [-0.2, -0.15) is 0 Å². The lowest BCUT2D eigenvalue weighted by Gasteiger charge is -2.10. The molecule has 0 aliphatic rings. The van der Waals surface area contributed by atoms with Gasteiger partial charge in [0.05, 0.1) is 11.1 Å². The van der Waals surface area contributed by atoms with Crippen LogP contribution in [0.3, 0.4) is 0 Å². The van der Waals surface area contributed by atoms with Crippen molar-refractivity contribution < 1.29 is 19.8 Å². The van der Waals surface area contributed by atoms with Crippen LogP contribution in [0.5, 0.6) is 0 Å². The molecule has 0 fully saturated rings. The molecular weight excluding hydrogens is 374 g/mol. The predicted octanol–water partition coefficient (Wildman–Crippen LogP) is 4.72. The van der Waals surface area contributed by atoms with E-state index in [1.807, 2.05) is 0 Å². The van der Waals surface area contributed by atoms with Crippen LogP contribution in [-0.4, -0.2) is 31.8 Å². The van der Waals surface area contributed by atoms with Crippen molar-refractivity contribution in [1.29, 1.82) is 0 Å². The van der Waals surface area contributed by atoms with E-state index in [0.29, 0.717) is 5.56 Å². The highest BCUT2D eigenvalue weighted by Crippen LogP contribution is 2.24. The lowest BCUT2D eigenvalue weighted by molar-refractivity contribution is 0.0651. The number of carboxylic acids is 2. The second-order valence-corrected chi connectivity index (χ2v) is 6.32. The van der Waals surface area contributed by atoms with Crippen LogP contribution >= 0.6 is 46.4 Å². The van der Waals surface area contributed by atoms with Gasteiger partial charge in [-0.15, -0.1) is 46.4 Å². The summed E-state index contributed by atoms with van der Waals surface area (Å²) in [7, 11) is 0. The quantitative estimate of drug-likeness (QED) is 0.697. The lowest BCUT2D eigenvalue weighted by Crippen LogP contribution is -2.11. The number of benzene rings is 1.